The summed E-state index contributed by atoms with van der Waals surface area (Å²) in [5, 5.41) is 26.9. The van der Waals surface area contributed by atoms with Gasteiger partial charge in [-0.1, -0.05) is 0 Å². The van der Waals surface area contributed by atoms with Gasteiger partial charge in [0, 0.05) is 19.2 Å². The number of aliphatic hydroxyl groups excluding tert-OH is 3. The largest absolute Gasteiger partial charge is 0.396 e. The molecule has 0 fully saturated rings. The van der Waals surface area contributed by atoms with Gasteiger partial charge in [-0.2, -0.15) is 0 Å². The van der Waals surface area contributed by atoms with Gasteiger partial charge in [0.15, 0.2) is 0 Å². The molecular weight excluding hydrogens is 191 g/mol. The SMILES string of the molecule is CC(O)CCP(C)(=O)C(O)CCO. The molecular formula is C8H19O4P. The number of rotatable bonds is 6. The van der Waals surface area contributed by atoms with E-state index >= 15 is 0 Å². The van der Waals surface area contributed by atoms with Crippen LogP contribution in [0.3, 0.4) is 0 Å². The summed E-state index contributed by atoms with van der Waals surface area (Å²) < 4.78 is 11.7. The van der Waals surface area contributed by atoms with E-state index < -0.39 is 19.1 Å². The van der Waals surface area contributed by atoms with Gasteiger partial charge in [-0.25, -0.2) is 0 Å². The molecule has 5 heteroatoms. The lowest BCUT2D eigenvalue weighted by atomic mass is 10.3. The van der Waals surface area contributed by atoms with E-state index in [9.17, 15) is 9.67 Å². The molecule has 0 aliphatic carbocycles. The Balaban J connectivity index is 3.98. The molecule has 0 saturated carbocycles. The molecule has 3 N–H and O–H groups in total. The van der Waals surface area contributed by atoms with Gasteiger partial charge >= 0.3 is 0 Å². The highest BCUT2D eigenvalue weighted by Gasteiger charge is 2.25. The van der Waals surface area contributed by atoms with Crippen LogP contribution in [0, 0.1) is 0 Å². The van der Waals surface area contributed by atoms with Crippen molar-refractivity contribution in [1.82, 2.24) is 0 Å². The van der Waals surface area contributed by atoms with Gasteiger partial charge in [-0.3, -0.25) is 0 Å². The second-order valence-electron chi connectivity index (χ2n) is 3.53. The van der Waals surface area contributed by atoms with Gasteiger partial charge in [0.1, 0.15) is 13.0 Å². The fourth-order valence-corrected chi connectivity index (χ4v) is 2.83. The van der Waals surface area contributed by atoms with Gasteiger partial charge in [-0.15, -0.1) is 0 Å². The van der Waals surface area contributed by atoms with E-state index in [4.69, 9.17) is 10.2 Å². The Bertz CT molecular complexity index is 181. The maximum absolute atomic E-state index is 11.7. The van der Waals surface area contributed by atoms with E-state index in [1.54, 1.807) is 6.92 Å². The minimum atomic E-state index is -2.62. The van der Waals surface area contributed by atoms with Crippen LogP contribution in [-0.2, 0) is 4.57 Å². The molecule has 3 unspecified atom stereocenters. The quantitative estimate of drug-likeness (QED) is 0.556. The van der Waals surface area contributed by atoms with E-state index in [2.05, 4.69) is 0 Å². The molecule has 0 heterocycles. The number of aliphatic hydroxyl groups is 3. The molecule has 80 valence electrons. The minimum absolute atomic E-state index is 0.146. The predicted octanol–water partition coefficient (Wildman–Crippen LogP) is 0.451. The Morgan fingerprint density at radius 3 is 2.23 bits per heavy atom. The van der Waals surface area contributed by atoms with E-state index in [0.717, 1.165) is 0 Å². The summed E-state index contributed by atoms with van der Waals surface area (Å²) in [6, 6.07) is 0. The highest BCUT2D eigenvalue weighted by molar-refractivity contribution is 7.63. The van der Waals surface area contributed by atoms with Crippen LogP contribution in [0.4, 0.5) is 0 Å². The van der Waals surface area contributed by atoms with Crippen molar-refractivity contribution in [3.8, 4) is 0 Å². The van der Waals surface area contributed by atoms with Crippen LogP contribution in [0.2, 0.25) is 0 Å². The van der Waals surface area contributed by atoms with E-state index in [-0.39, 0.29) is 13.0 Å². The second kappa shape index (κ2) is 5.76. The Morgan fingerprint density at radius 1 is 1.31 bits per heavy atom. The van der Waals surface area contributed by atoms with E-state index in [1.165, 1.54) is 6.66 Å². The molecule has 0 aliphatic heterocycles. The molecule has 0 bridgehead atoms. The Hall–Kier alpha value is 0.110. The zero-order valence-electron chi connectivity index (χ0n) is 8.18. The summed E-state index contributed by atoms with van der Waals surface area (Å²) in [7, 11) is -2.62. The van der Waals surface area contributed by atoms with Crippen molar-refractivity contribution in [3.05, 3.63) is 0 Å². The zero-order chi connectivity index (χ0) is 10.5. The first-order chi connectivity index (χ1) is 5.90. The average Bonchev–Trinajstić information content (AvgIpc) is 2.01. The third-order valence-corrected chi connectivity index (χ3v) is 4.67. The third-order valence-electron chi connectivity index (χ3n) is 2.01. The lowest BCUT2D eigenvalue weighted by Crippen LogP contribution is -2.13. The molecule has 0 spiro atoms. The molecule has 0 aliphatic rings. The van der Waals surface area contributed by atoms with E-state index in [0.29, 0.717) is 12.6 Å². The lowest BCUT2D eigenvalue weighted by molar-refractivity contribution is 0.182. The number of hydrogen-bond acceptors (Lipinski definition) is 4. The zero-order valence-corrected chi connectivity index (χ0v) is 9.07. The van der Waals surface area contributed by atoms with Crippen LogP contribution in [0.1, 0.15) is 19.8 Å². The first kappa shape index (κ1) is 13.1. The molecule has 0 radical (unpaired) electrons. The maximum Gasteiger partial charge on any atom is 0.112 e. The summed E-state index contributed by atoms with van der Waals surface area (Å²) in [6.45, 7) is 2.97. The maximum atomic E-state index is 11.7. The predicted molar refractivity (Wildman–Crippen MR) is 52.4 cm³/mol. The number of hydrogen-bond donors (Lipinski definition) is 3. The van der Waals surface area contributed by atoms with Crippen LogP contribution in [0.15, 0.2) is 0 Å². The van der Waals surface area contributed by atoms with Crippen molar-refractivity contribution in [3.63, 3.8) is 0 Å². The van der Waals surface area contributed by atoms with Gasteiger partial charge in [-0.05, 0) is 20.0 Å². The highest BCUT2D eigenvalue weighted by atomic mass is 31.2. The van der Waals surface area contributed by atoms with Gasteiger partial charge in [0.05, 0.1) is 6.10 Å². The van der Waals surface area contributed by atoms with Gasteiger partial charge in [0.2, 0.25) is 0 Å². The normalized spacial score (nSPS) is 20.7. The molecule has 0 amide bonds. The van der Waals surface area contributed by atoms with Crippen molar-refractivity contribution in [2.45, 2.75) is 31.7 Å². The second-order valence-corrected chi connectivity index (χ2v) is 6.92. The summed E-state index contributed by atoms with van der Waals surface area (Å²) in [4.78, 5) is 0. The van der Waals surface area contributed by atoms with Crippen LogP contribution < -0.4 is 0 Å². The Morgan fingerprint density at radius 2 is 1.85 bits per heavy atom. The molecule has 0 aromatic carbocycles. The first-order valence-electron chi connectivity index (χ1n) is 4.43. The van der Waals surface area contributed by atoms with Crippen molar-refractivity contribution < 1.29 is 19.9 Å². The molecule has 0 rings (SSSR count). The first-order valence-corrected chi connectivity index (χ1v) is 6.84. The summed E-state index contributed by atoms with van der Waals surface area (Å²) >= 11 is 0. The fourth-order valence-electron chi connectivity index (χ4n) is 0.981. The lowest BCUT2D eigenvalue weighted by Gasteiger charge is -2.19. The van der Waals surface area contributed by atoms with Crippen LogP contribution >= 0.6 is 7.14 Å². The molecule has 0 aromatic heterocycles. The van der Waals surface area contributed by atoms with Gasteiger partial charge < -0.3 is 19.9 Å². The van der Waals surface area contributed by atoms with Crippen LogP contribution in [0.25, 0.3) is 0 Å². The average molecular weight is 210 g/mol. The Kier molecular flexibility index (Phi) is 5.81. The highest BCUT2D eigenvalue weighted by Crippen LogP contribution is 2.47. The monoisotopic (exact) mass is 210 g/mol. The topological polar surface area (TPSA) is 77.8 Å². The summed E-state index contributed by atoms with van der Waals surface area (Å²) in [5.74, 6) is -0.934. The summed E-state index contributed by atoms with van der Waals surface area (Å²) in [6.07, 6.45) is 0.407. The van der Waals surface area contributed by atoms with Crippen molar-refractivity contribution in [1.29, 1.82) is 0 Å². The van der Waals surface area contributed by atoms with Crippen LogP contribution in [-0.4, -0.2) is 46.7 Å². The molecule has 4 nitrogen and oxygen atoms in total. The standard InChI is InChI=1S/C8H19O4P/c1-7(10)4-6-13(2,12)8(11)3-5-9/h7-11H,3-6H2,1-2H3. The van der Waals surface area contributed by atoms with E-state index in [1.807, 2.05) is 0 Å². The molecule has 0 aromatic rings. The van der Waals surface area contributed by atoms with Crippen molar-refractivity contribution >= 4 is 7.14 Å². The molecule has 13 heavy (non-hydrogen) atoms. The minimum Gasteiger partial charge on any atom is -0.396 e. The van der Waals surface area contributed by atoms with Crippen LogP contribution in [0.5, 0.6) is 0 Å². The van der Waals surface area contributed by atoms with Crippen molar-refractivity contribution in [2.24, 2.45) is 0 Å². The fraction of sp³-hybridized carbons (Fsp3) is 1.00. The Labute approximate surface area is 79.0 Å². The molecule has 3 atom stereocenters. The molecule has 0 saturated heterocycles. The van der Waals surface area contributed by atoms with Crippen molar-refractivity contribution in [2.75, 3.05) is 19.4 Å². The third kappa shape index (κ3) is 5.42. The summed E-state index contributed by atoms with van der Waals surface area (Å²) in [5.41, 5.74) is 0. The smallest absolute Gasteiger partial charge is 0.112 e. The van der Waals surface area contributed by atoms with Gasteiger partial charge in [0.25, 0.3) is 0 Å².